The zero-order chi connectivity index (χ0) is 17.8. The molecule has 2 aromatic rings. The van der Waals surface area contributed by atoms with Crippen LogP contribution in [0.15, 0.2) is 41.4 Å². The third-order valence-corrected chi connectivity index (χ3v) is 5.03. The van der Waals surface area contributed by atoms with Gasteiger partial charge in [-0.3, -0.25) is 4.99 Å². The van der Waals surface area contributed by atoms with E-state index in [-0.39, 0.29) is 33.1 Å². The van der Waals surface area contributed by atoms with Gasteiger partial charge in [0.1, 0.15) is 0 Å². The van der Waals surface area contributed by atoms with Crippen LogP contribution in [0.5, 0.6) is 0 Å². The number of aliphatic imine (C=N–C) groups is 1. The molecule has 26 heavy (non-hydrogen) atoms. The van der Waals surface area contributed by atoms with Gasteiger partial charge in [-0.1, -0.05) is 55.7 Å². The van der Waals surface area contributed by atoms with Crippen molar-refractivity contribution in [3.8, 4) is 0 Å². The number of nitrogens with two attached hydrogens (primary N) is 1. The molecule has 0 spiro atoms. The van der Waals surface area contributed by atoms with Gasteiger partial charge in [0, 0.05) is 7.05 Å². The largest absolute Gasteiger partial charge is 2.00 e. The number of nitrogens with zero attached hydrogens (tertiary/aromatic N) is 2. The molecular weight excluding hydrogens is 503 g/mol. The molecule has 0 heterocycles. The summed E-state index contributed by atoms with van der Waals surface area (Å²) < 4.78 is 0. The number of hydrogen-bond acceptors (Lipinski definition) is 2. The molecule has 0 saturated heterocycles. The van der Waals surface area contributed by atoms with Crippen LogP contribution in [0.25, 0.3) is 27.9 Å². The Morgan fingerprint density at radius 2 is 1.88 bits per heavy atom. The van der Waals surface area contributed by atoms with Crippen molar-refractivity contribution < 1.29 is 21.1 Å². The van der Waals surface area contributed by atoms with Gasteiger partial charge in [0.05, 0.1) is 5.71 Å². The van der Waals surface area contributed by atoms with Gasteiger partial charge in [-0.15, -0.1) is 18.8 Å². The van der Waals surface area contributed by atoms with E-state index in [0.717, 1.165) is 29.8 Å². The molecule has 1 fully saturated rings. The molecule has 4 rings (SSSR count). The second kappa shape index (κ2) is 9.45. The zero-order valence-corrected chi connectivity index (χ0v) is 17.6. The first-order valence-corrected chi connectivity index (χ1v) is 8.93. The molecule has 3 N–H and O–H groups in total. The van der Waals surface area contributed by atoms with Gasteiger partial charge in [-0.05, 0) is 40.4 Å². The van der Waals surface area contributed by atoms with Crippen molar-refractivity contribution in [3.63, 3.8) is 0 Å². The molecule has 0 amide bonds. The molecule has 2 aliphatic rings. The molecule has 2 atom stereocenters. The van der Waals surface area contributed by atoms with Crippen LogP contribution in [-0.2, 0) is 21.1 Å². The Morgan fingerprint density at radius 3 is 2.50 bits per heavy atom. The van der Waals surface area contributed by atoms with Crippen LogP contribution in [-0.4, -0.2) is 31.9 Å². The summed E-state index contributed by atoms with van der Waals surface area (Å²) in [4.78, 5) is 4.35. The summed E-state index contributed by atoms with van der Waals surface area (Å²) in [6, 6.07) is 10.7. The number of nitrogens with one attached hydrogen (secondary N) is 1. The van der Waals surface area contributed by atoms with Crippen LogP contribution in [0.1, 0.15) is 36.8 Å². The average molecular weight is 530 g/mol. The number of allylic oxidation sites excluding steroid dienone is 1. The molecule has 2 unspecified atom stereocenters. The predicted octanol–water partition coefficient (Wildman–Crippen LogP) is 5.23. The van der Waals surface area contributed by atoms with E-state index in [1.807, 2.05) is 14.1 Å². The summed E-state index contributed by atoms with van der Waals surface area (Å²) in [6.45, 7) is 0. The van der Waals surface area contributed by atoms with Crippen LogP contribution in [0.3, 0.4) is 0 Å². The van der Waals surface area contributed by atoms with Crippen molar-refractivity contribution in [1.82, 2.24) is 0 Å². The molecule has 4 nitrogen and oxygen atoms in total. The molecule has 140 valence electrons. The van der Waals surface area contributed by atoms with E-state index >= 15 is 0 Å². The molecule has 0 aromatic heterocycles. The van der Waals surface area contributed by atoms with Crippen molar-refractivity contribution >= 4 is 28.2 Å². The first-order valence-electron chi connectivity index (χ1n) is 8.93. The Labute approximate surface area is 170 Å². The van der Waals surface area contributed by atoms with Crippen LogP contribution < -0.4 is 5.73 Å². The summed E-state index contributed by atoms with van der Waals surface area (Å²) in [6.07, 6.45) is 8.70. The second-order valence-corrected chi connectivity index (χ2v) is 6.63. The average Bonchev–Trinajstić information content (AvgIpc) is 2.65. The van der Waals surface area contributed by atoms with Gasteiger partial charge in [0.25, 0.3) is 0 Å². The summed E-state index contributed by atoms with van der Waals surface area (Å²) in [5, 5.41) is 6.86. The standard InChI is InChI=1S/C15H13N2.C6H13N2.Pt/c1-16-12-8-6-10-4-3-5-11-7-9-13(17-2)15(12)14(10)11;7-5-3-1-2-4-6(5)8;/h3-9H,1-2H3;5-7H,1-4,8H2;/q2*-1;+2. The van der Waals surface area contributed by atoms with E-state index in [1.165, 1.54) is 29.2 Å². The fourth-order valence-electron chi connectivity index (χ4n) is 3.58. The van der Waals surface area contributed by atoms with Crippen molar-refractivity contribution in [2.24, 2.45) is 10.7 Å². The van der Waals surface area contributed by atoms with Crippen LogP contribution in [0.4, 0.5) is 5.69 Å². The third-order valence-electron chi connectivity index (χ3n) is 5.03. The molecule has 5 heteroatoms. The van der Waals surface area contributed by atoms with Gasteiger partial charge in [-0.25, -0.2) is 0 Å². The van der Waals surface area contributed by atoms with Gasteiger partial charge < -0.3 is 16.8 Å². The molecule has 0 aliphatic heterocycles. The summed E-state index contributed by atoms with van der Waals surface area (Å²) in [5.74, 6) is 0. The normalized spacial score (nSPS) is 22.4. The zero-order valence-electron chi connectivity index (χ0n) is 15.3. The summed E-state index contributed by atoms with van der Waals surface area (Å²) >= 11 is 0. The van der Waals surface area contributed by atoms with Gasteiger partial charge in [-0.2, -0.15) is 0 Å². The fourth-order valence-corrected chi connectivity index (χ4v) is 3.58. The van der Waals surface area contributed by atoms with E-state index in [9.17, 15) is 0 Å². The van der Waals surface area contributed by atoms with E-state index in [4.69, 9.17) is 11.5 Å². The maximum absolute atomic E-state index is 7.35. The molecular formula is C21H26N4Pt. The summed E-state index contributed by atoms with van der Waals surface area (Å²) in [7, 11) is 3.65. The van der Waals surface area contributed by atoms with Crippen molar-refractivity contribution in [3.05, 3.63) is 58.6 Å². The van der Waals surface area contributed by atoms with E-state index in [2.05, 4.69) is 52.8 Å². The van der Waals surface area contributed by atoms with Gasteiger partial charge >= 0.3 is 21.1 Å². The monoisotopic (exact) mass is 529 g/mol. The van der Waals surface area contributed by atoms with E-state index < -0.39 is 0 Å². The Bertz CT molecular complexity index is 803. The van der Waals surface area contributed by atoms with Crippen LogP contribution >= 0.6 is 0 Å². The maximum Gasteiger partial charge on any atom is 2.00 e. The number of hydrogen-bond donors (Lipinski definition) is 1. The van der Waals surface area contributed by atoms with E-state index in [0.29, 0.717) is 0 Å². The quantitative estimate of drug-likeness (QED) is 0.540. The Balaban J connectivity index is 0.000000230. The number of rotatable bonds is 1. The van der Waals surface area contributed by atoms with Crippen molar-refractivity contribution in [2.45, 2.75) is 37.8 Å². The fraction of sp³-hybridized carbons (Fsp3) is 0.381. The topological polar surface area (TPSA) is 76.3 Å². The maximum atomic E-state index is 7.35. The Hall–Kier alpha value is -1.48. The smallest absolute Gasteiger partial charge is 0.686 e. The SMILES string of the molecule is CN=C1C=Cc2cccc3ccc([N-]C)c1c23.[NH-]C1CCCCC1N.[Pt+2]. The van der Waals surface area contributed by atoms with Crippen LogP contribution in [0.2, 0.25) is 0 Å². The molecule has 0 bridgehead atoms. The minimum absolute atomic E-state index is 0. The summed E-state index contributed by atoms with van der Waals surface area (Å²) in [5.41, 5.74) is 17.4. The first kappa shape index (κ1) is 20.8. The number of benzene rings is 2. The first-order chi connectivity index (χ1) is 12.2. The van der Waals surface area contributed by atoms with E-state index in [1.54, 1.807) is 0 Å². The van der Waals surface area contributed by atoms with Gasteiger partial charge in [0.2, 0.25) is 0 Å². The third kappa shape index (κ3) is 4.25. The molecule has 2 aromatic carbocycles. The molecule has 0 radical (unpaired) electrons. The van der Waals surface area contributed by atoms with Crippen molar-refractivity contribution in [2.75, 3.05) is 14.1 Å². The Morgan fingerprint density at radius 1 is 1.12 bits per heavy atom. The van der Waals surface area contributed by atoms with Crippen molar-refractivity contribution in [1.29, 1.82) is 0 Å². The molecule has 1 saturated carbocycles. The van der Waals surface area contributed by atoms with Gasteiger partial charge in [0.15, 0.2) is 0 Å². The minimum atomic E-state index is 0. The minimum Gasteiger partial charge on any atom is -0.686 e. The predicted molar refractivity (Wildman–Crippen MR) is 109 cm³/mol. The Kier molecular flexibility index (Phi) is 7.57. The molecule has 2 aliphatic carbocycles. The van der Waals surface area contributed by atoms with Crippen LogP contribution in [0, 0.1) is 0 Å². The second-order valence-electron chi connectivity index (χ2n) is 6.63.